The van der Waals surface area contributed by atoms with Crippen LogP contribution in [0.4, 0.5) is 0 Å². The molecule has 1 atom stereocenters. The van der Waals surface area contributed by atoms with Gasteiger partial charge in [-0.3, -0.25) is 0 Å². The van der Waals surface area contributed by atoms with Crippen molar-refractivity contribution < 1.29 is 0 Å². The van der Waals surface area contributed by atoms with E-state index in [9.17, 15) is 0 Å². The normalized spacial score (nSPS) is 13.7. The number of hydrogen-bond acceptors (Lipinski definition) is 1. The van der Waals surface area contributed by atoms with Crippen molar-refractivity contribution in [3.8, 4) is 0 Å². The molecule has 6 heavy (non-hydrogen) atoms. The summed E-state index contributed by atoms with van der Waals surface area (Å²) in [5.41, 5.74) is 5.35. The molecular formula is C5H11N. The fourth-order valence-corrected chi connectivity index (χ4v) is 0.167. The van der Waals surface area contributed by atoms with Gasteiger partial charge >= 0.3 is 0 Å². The van der Waals surface area contributed by atoms with Crippen LogP contribution in [0.1, 0.15) is 13.3 Å². The third-order valence-electron chi connectivity index (χ3n) is 0.774. The van der Waals surface area contributed by atoms with Crippen molar-refractivity contribution in [2.75, 3.05) is 0 Å². The molecule has 0 aromatic heterocycles. The van der Waals surface area contributed by atoms with Crippen LogP contribution < -0.4 is 5.73 Å². The first-order valence-corrected chi connectivity index (χ1v) is 2.19. The van der Waals surface area contributed by atoms with E-state index in [1.165, 1.54) is 0 Å². The van der Waals surface area contributed by atoms with E-state index in [2.05, 4.69) is 6.58 Å². The molecule has 0 radical (unpaired) electrons. The van der Waals surface area contributed by atoms with Crippen LogP contribution in [0.5, 0.6) is 0 Å². The maximum atomic E-state index is 5.35. The first kappa shape index (κ1) is 5.70. The van der Waals surface area contributed by atoms with Crippen LogP contribution in [0.2, 0.25) is 0 Å². The largest absolute Gasteiger partial charge is 0.324 e. The molecule has 0 amide bonds. The van der Waals surface area contributed by atoms with Gasteiger partial charge in [-0.1, -0.05) is 13.0 Å². The summed E-state index contributed by atoms with van der Waals surface area (Å²) >= 11 is 0. The van der Waals surface area contributed by atoms with E-state index in [1.54, 1.807) is 6.08 Å². The lowest BCUT2D eigenvalue weighted by molar-refractivity contribution is 0.784. The molecule has 0 rings (SSSR count). The van der Waals surface area contributed by atoms with E-state index in [0.29, 0.717) is 0 Å². The Kier molecular flexibility index (Phi) is 2.77. The maximum Gasteiger partial charge on any atom is 0.0218 e. The van der Waals surface area contributed by atoms with Crippen molar-refractivity contribution in [3.63, 3.8) is 0 Å². The van der Waals surface area contributed by atoms with Crippen LogP contribution >= 0.6 is 0 Å². The Morgan fingerprint density at radius 3 is 2.50 bits per heavy atom. The van der Waals surface area contributed by atoms with Gasteiger partial charge in [0.25, 0.3) is 0 Å². The molecule has 0 unspecified atom stereocenters. The quantitative estimate of drug-likeness (QED) is 0.495. The Hall–Kier alpha value is -0.300. The van der Waals surface area contributed by atoms with Gasteiger partial charge in [0.05, 0.1) is 0 Å². The Labute approximate surface area is 38.8 Å². The Bertz CT molecular complexity index is 41.2. The Morgan fingerprint density at radius 2 is 2.50 bits per heavy atom. The second kappa shape index (κ2) is 2.91. The van der Waals surface area contributed by atoms with Crippen LogP contribution in [0.25, 0.3) is 0 Å². The predicted octanol–water partition coefficient (Wildman–Crippen LogP) is 0.910. The van der Waals surface area contributed by atoms with E-state index in [4.69, 9.17) is 5.73 Å². The highest BCUT2D eigenvalue weighted by atomic mass is 14.6. The molecular weight excluding hydrogens is 74.1 g/mol. The molecule has 1 heteroatoms. The lowest BCUT2D eigenvalue weighted by Gasteiger charge is -1.95. The van der Waals surface area contributed by atoms with Crippen LogP contribution in [0, 0.1) is 0 Å². The highest BCUT2D eigenvalue weighted by Crippen LogP contribution is 1.82. The Morgan fingerprint density at radius 1 is 2.00 bits per heavy atom. The van der Waals surface area contributed by atoms with E-state index in [0.717, 1.165) is 6.42 Å². The van der Waals surface area contributed by atoms with Gasteiger partial charge in [-0.25, -0.2) is 0 Å². The lowest BCUT2D eigenvalue weighted by atomic mass is 10.2. The molecule has 0 aliphatic rings. The number of hydrogen-bond donors (Lipinski definition) is 1. The molecule has 2 N–H and O–H groups in total. The Balaban J connectivity index is 2.96. The summed E-state index contributed by atoms with van der Waals surface area (Å²) in [4.78, 5) is 0. The fourth-order valence-electron chi connectivity index (χ4n) is 0.167. The first-order valence-electron chi connectivity index (χ1n) is 2.19. The molecule has 0 aromatic rings. The van der Waals surface area contributed by atoms with Crippen LogP contribution in [-0.2, 0) is 0 Å². The second-order valence-electron chi connectivity index (χ2n) is 1.31. The van der Waals surface area contributed by atoms with Gasteiger partial charge in [0.15, 0.2) is 0 Å². The fraction of sp³-hybridized carbons (Fsp3) is 0.600. The van der Waals surface area contributed by atoms with Crippen molar-refractivity contribution in [2.24, 2.45) is 5.73 Å². The third kappa shape index (κ3) is 1.97. The van der Waals surface area contributed by atoms with Gasteiger partial charge in [-0.05, 0) is 6.42 Å². The van der Waals surface area contributed by atoms with Crippen molar-refractivity contribution in [3.05, 3.63) is 12.7 Å². The summed E-state index contributed by atoms with van der Waals surface area (Å²) in [6.07, 6.45) is 2.74. The van der Waals surface area contributed by atoms with Gasteiger partial charge in [0, 0.05) is 6.04 Å². The number of rotatable bonds is 2. The molecule has 0 heterocycles. The van der Waals surface area contributed by atoms with Gasteiger partial charge in [-0.2, -0.15) is 0 Å². The molecule has 0 saturated carbocycles. The average molecular weight is 85.1 g/mol. The van der Waals surface area contributed by atoms with Crippen molar-refractivity contribution in [1.29, 1.82) is 0 Å². The van der Waals surface area contributed by atoms with Crippen LogP contribution in [-0.4, -0.2) is 6.04 Å². The molecule has 0 bridgehead atoms. The molecule has 0 spiro atoms. The van der Waals surface area contributed by atoms with Crippen molar-refractivity contribution in [2.45, 2.75) is 19.4 Å². The van der Waals surface area contributed by atoms with Crippen LogP contribution in [0.3, 0.4) is 0 Å². The SMILES string of the molecule is C=C[C@@H](N)CC. The lowest BCUT2D eigenvalue weighted by Crippen LogP contribution is -2.13. The van der Waals surface area contributed by atoms with E-state index in [-0.39, 0.29) is 6.04 Å². The van der Waals surface area contributed by atoms with Crippen molar-refractivity contribution in [1.82, 2.24) is 0 Å². The van der Waals surface area contributed by atoms with Crippen molar-refractivity contribution >= 4 is 0 Å². The zero-order valence-electron chi connectivity index (χ0n) is 4.15. The number of nitrogens with two attached hydrogens (primary N) is 1. The second-order valence-corrected chi connectivity index (χ2v) is 1.31. The average Bonchev–Trinajstić information content (AvgIpc) is 1.65. The molecule has 1 nitrogen and oxygen atoms in total. The minimum atomic E-state index is 0.199. The molecule has 0 aliphatic carbocycles. The molecule has 0 fully saturated rings. The summed E-state index contributed by atoms with van der Waals surface area (Å²) in [7, 11) is 0. The van der Waals surface area contributed by atoms with Gasteiger partial charge in [0.2, 0.25) is 0 Å². The zero-order valence-corrected chi connectivity index (χ0v) is 4.15. The highest BCUT2D eigenvalue weighted by molar-refractivity contribution is 4.79. The summed E-state index contributed by atoms with van der Waals surface area (Å²) < 4.78 is 0. The van der Waals surface area contributed by atoms with E-state index < -0.39 is 0 Å². The molecule has 0 aliphatic heterocycles. The third-order valence-corrected chi connectivity index (χ3v) is 0.774. The van der Waals surface area contributed by atoms with Crippen LogP contribution in [0.15, 0.2) is 12.7 Å². The smallest absolute Gasteiger partial charge is 0.0218 e. The molecule has 0 saturated heterocycles. The summed E-state index contributed by atoms with van der Waals surface area (Å²) in [6.45, 7) is 5.54. The molecule has 36 valence electrons. The highest BCUT2D eigenvalue weighted by Gasteiger charge is 1.84. The summed E-state index contributed by atoms with van der Waals surface area (Å²) in [5.74, 6) is 0. The first-order chi connectivity index (χ1) is 2.81. The van der Waals surface area contributed by atoms with Gasteiger partial charge in [0.1, 0.15) is 0 Å². The maximum absolute atomic E-state index is 5.35. The van der Waals surface area contributed by atoms with E-state index in [1.807, 2.05) is 6.92 Å². The van der Waals surface area contributed by atoms with E-state index >= 15 is 0 Å². The monoisotopic (exact) mass is 85.1 g/mol. The standard InChI is InChI=1S/C5H11N/c1-3-5(6)4-2/h3,5H,1,4,6H2,2H3/t5-/m1/s1. The summed E-state index contributed by atoms with van der Waals surface area (Å²) in [5, 5.41) is 0. The topological polar surface area (TPSA) is 26.0 Å². The predicted molar refractivity (Wildman–Crippen MR) is 28.5 cm³/mol. The minimum Gasteiger partial charge on any atom is -0.324 e. The molecule has 0 aromatic carbocycles. The minimum absolute atomic E-state index is 0.199. The zero-order chi connectivity index (χ0) is 4.99. The van der Waals surface area contributed by atoms with Gasteiger partial charge < -0.3 is 5.73 Å². The summed E-state index contributed by atoms with van der Waals surface area (Å²) in [6, 6.07) is 0.199. The van der Waals surface area contributed by atoms with Gasteiger partial charge in [-0.15, -0.1) is 6.58 Å².